The van der Waals surface area contributed by atoms with E-state index in [2.05, 4.69) is 29.5 Å². The molecule has 0 bridgehead atoms. The molecule has 0 amide bonds. The molecule has 1 saturated carbocycles. The highest BCUT2D eigenvalue weighted by molar-refractivity contribution is 6.64. The van der Waals surface area contributed by atoms with Gasteiger partial charge in [-0.1, -0.05) is 20.3 Å². The molecule has 0 spiro atoms. The lowest BCUT2D eigenvalue weighted by Crippen LogP contribution is -2.32. The molecule has 18 heavy (non-hydrogen) atoms. The molecule has 3 nitrogen and oxygen atoms in total. The first-order chi connectivity index (χ1) is 8.70. The van der Waals surface area contributed by atoms with Gasteiger partial charge < -0.3 is 10.6 Å². The van der Waals surface area contributed by atoms with Gasteiger partial charge in [0.15, 0.2) is 5.29 Å². The highest BCUT2D eigenvalue weighted by Gasteiger charge is 2.30. The molecule has 3 unspecified atom stereocenters. The molecule has 102 valence electrons. The van der Waals surface area contributed by atoms with Crippen LogP contribution in [-0.4, -0.2) is 24.9 Å². The van der Waals surface area contributed by atoms with Crippen molar-refractivity contribution in [3.8, 4) is 0 Å². The number of hydrogen-bond acceptors (Lipinski definition) is 3. The van der Waals surface area contributed by atoms with E-state index in [9.17, 15) is 0 Å². The van der Waals surface area contributed by atoms with E-state index < -0.39 is 0 Å². The molecule has 0 radical (unpaired) electrons. The third-order valence-electron chi connectivity index (χ3n) is 4.50. The van der Waals surface area contributed by atoms with Gasteiger partial charge in [0.25, 0.3) is 0 Å². The second-order valence-electron chi connectivity index (χ2n) is 5.56. The Hall–Kier alpha value is -0.540. The van der Waals surface area contributed by atoms with Crippen molar-refractivity contribution >= 4 is 16.9 Å². The number of nitrogens with one attached hydrogen (secondary N) is 2. The Labute approximate surface area is 115 Å². The SMILES string of the molecule is CCC1CCC(CNCC2=CN=C(Cl)NC2)C1C. The minimum absolute atomic E-state index is 0.494. The van der Waals surface area contributed by atoms with Crippen LogP contribution in [0.4, 0.5) is 0 Å². The lowest BCUT2D eigenvalue weighted by molar-refractivity contribution is 0.323. The largest absolute Gasteiger partial charge is 0.357 e. The van der Waals surface area contributed by atoms with Crippen molar-refractivity contribution in [2.24, 2.45) is 22.7 Å². The Bertz CT molecular complexity index is 338. The molecule has 2 rings (SSSR count). The Balaban J connectivity index is 1.70. The summed E-state index contributed by atoms with van der Waals surface area (Å²) >= 11 is 5.74. The van der Waals surface area contributed by atoms with Crippen molar-refractivity contribution < 1.29 is 0 Å². The summed E-state index contributed by atoms with van der Waals surface area (Å²) in [4.78, 5) is 4.07. The third-order valence-corrected chi connectivity index (χ3v) is 4.73. The number of aliphatic imine (C=N–C) groups is 1. The van der Waals surface area contributed by atoms with Crippen LogP contribution in [-0.2, 0) is 0 Å². The summed E-state index contributed by atoms with van der Waals surface area (Å²) < 4.78 is 0. The summed E-state index contributed by atoms with van der Waals surface area (Å²) in [5.41, 5.74) is 1.28. The lowest BCUT2D eigenvalue weighted by atomic mass is 9.90. The van der Waals surface area contributed by atoms with E-state index in [0.29, 0.717) is 5.29 Å². The molecule has 4 heteroatoms. The van der Waals surface area contributed by atoms with E-state index in [0.717, 1.165) is 37.4 Å². The van der Waals surface area contributed by atoms with Gasteiger partial charge in [0, 0.05) is 19.3 Å². The van der Waals surface area contributed by atoms with Crippen molar-refractivity contribution in [2.45, 2.75) is 33.1 Å². The normalized spacial score (nSPS) is 31.8. The van der Waals surface area contributed by atoms with E-state index in [1.807, 2.05) is 6.20 Å². The zero-order chi connectivity index (χ0) is 13.0. The maximum absolute atomic E-state index is 5.74. The molecule has 1 fully saturated rings. The molecule has 1 aliphatic heterocycles. The predicted molar refractivity (Wildman–Crippen MR) is 77.9 cm³/mol. The topological polar surface area (TPSA) is 36.4 Å². The van der Waals surface area contributed by atoms with Crippen LogP contribution in [0.2, 0.25) is 0 Å². The molecule has 1 aliphatic carbocycles. The maximum atomic E-state index is 5.74. The van der Waals surface area contributed by atoms with Crippen molar-refractivity contribution in [1.29, 1.82) is 0 Å². The van der Waals surface area contributed by atoms with Gasteiger partial charge >= 0.3 is 0 Å². The number of hydrogen-bond donors (Lipinski definition) is 2. The second-order valence-corrected chi connectivity index (χ2v) is 5.91. The Morgan fingerprint density at radius 2 is 2.22 bits per heavy atom. The first-order valence-electron chi connectivity index (χ1n) is 7.06. The molecular weight excluding hydrogens is 246 g/mol. The average Bonchev–Trinajstić information content (AvgIpc) is 2.73. The van der Waals surface area contributed by atoms with Crippen LogP contribution in [0, 0.1) is 17.8 Å². The predicted octanol–water partition coefficient (Wildman–Crippen LogP) is 2.73. The molecule has 0 aromatic rings. The maximum Gasteiger partial charge on any atom is 0.196 e. The van der Waals surface area contributed by atoms with Crippen LogP contribution in [0.15, 0.2) is 16.8 Å². The summed E-state index contributed by atoms with van der Waals surface area (Å²) in [5.74, 6) is 2.66. The minimum Gasteiger partial charge on any atom is -0.357 e. The van der Waals surface area contributed by atoms with Crippen LogP contribution in [0.25, 0.3) is 0 Å². The highest BCUT2D eigenvalue weighted by Crippen LogP contribution is 2.38. The van der Waals surface area contributed by atoms with Gasteiger partial charge in [-0.2, -0.15) is 0 Å². The summed E-state index contributed by atoms with van der Waals surface area (Å²) in [7, 11) is 0. The average molecular weight is 270 g/mol. The first-order valence-corrected chi connectivity index (χ1v) is 7.44. The van der Waals surface area contributed by atoms with E-state index >= 15 is 0 Å². The van der Waals surface area contributed by atoms with Gasteiger partial charge in [0.05, 0.1) is 0 Å². The summed E-state index contributed by atoms with van der Waals surface area (Å²) in [6.45, 7) is 7.59. The smallest absolute Gasteiger partial charge is 0.196 e. The zero-order valence-electron chi connectivity index (χ0n) is 11.4. The van der Waals surface area contributed by atoms with Crippen molar-refractivity contribution in [1.82, 2.24) is 10.6 Å². The van der Waals surface area contributed by atoms with Gasteiger partial charge in [-0.15, -0.1) is 0 Å². The summed E-state index contributed by atoms with van der Waals surface area (Å²) in [6, 6.07) is 0. The van der Waals surface area contributed by atoms with E-state index in [1.54, 1.807) is 0 Å². The molecule has 2 N–H and O–H groups in total. The second kappa shape index (κ2) is 6.58. The zero-order valence-corrected chi connectivity index (χ0v) is 12.1. The van der Waals surface area contributed by atoms with E-state index in [-0.39, 0.29) is 0 Å². The fourth-order valence-corrected chi connectivity index (χ4v) is 3.27. The van der Waals surface area contributed by atoms with Gasteiger partial charge in [-0.05, 0) is 54.3 Å². The molecule has 1 heterocycles. The first kappa shape index (κ1) is 13.9. The van der Waals surface area contributed by atoms with Crippen molar-refractivity contribution in [2.75, 3.05) is 19.6 Å². The lowest BCUT2D eigenvalue weighted by Gasteiger charge is -2.21. The van der Waals surface area contributed by atoms with Gasteiger partial charge in [0.2, 0.25) is 0 Å². The van der Waals surface area contributed by atoms with E-state index in [4.69, 9.17) is 11.6 Å². The van der Waals surface area contributed by atoms with Gasteiger partial charge in [0.1, 0.15) is 0 Å². The number of nitrogens with zero attached hydrogens (tertiary/aromatic N) is 1. The Morgan fingerprint density at radius 1 is 1.44 bits per heavy atom. The molecule has 3 atom stereocenters. The summed E-state index contributed by atoms with van der Waals surface area (Å²) in [6.07, 6.45) is 6.00. The fourth-order valence-electron chi connectivity index (χ4n) is 3.15. The molecule has 0 aromatic heterocycles. The fraction of sp³-hybridized carbons (Fsp3) is 0.786. The minimum atomic E-state index is 0.494. The quantitative estimate of drug-likeness (QED) is 0.753. The Kier molecular flexibility index (Phi) is 5.07. The van der Waals surface area contributed by atoms with Crippen LogP contribution >= 0.6 is 11.6 Å². The van der Waals surface area contributed by atoms with Gasteiger partial charge in [-0.3, -0.25) is 0 Å². The number of amidine groups is 1. The van der Waals surface area contributed by atoms with Crippen LogP contribution in [0.1, 0.15) is 33.1 Å². The van der Waals surface area contributed by atoms with Crippen LogP contribution < -0.4 is 10.6 Å². The summed E-state index contributed by atoms with van der Waals surface area (Å²) in [5, 5.41) is 7.10. The third kappa shape index (κ3) is 3.48. The van der Waals surface area contributed by atoms with Crippen LogP contribution in [0.3, 0.4) is 0 Å². The molecule has 0 saturated heterocycles. The molecular formula is C14H24ClN3. The molecule has 2 aliphatic rings. The van der Waals surface area contributed by atoms with Crippen molar-refractivity contribution in [3.05, 3.63) is 11.8 Å². The molecule has 0 aromatic carbocycles. The standard InChI is InChI=1S/C14H24ClN3/c1-3-12-4-5-13(10(12)2)9-16-6-11-7-17-14(15)18-8-11/h7,10,12-13,16H,3-6,8-9H2,1-2H3,(H,17,18). The monoisotopic (exact) mass is 269 g/mol. The highest BCUT2D eigenvalue weighted by atomic mass is 35.5. The van der Waals surface area contributed by atoms with E-state index in [1.165, 1.54) is 24.8 Å². The Morgan fingerprint density at radius 3 is 2.83 bits per heavy atom. The number of rotatable bonds is 5. The number of halogens is 1. The van der Waals surface area contributed by atoms with Gasteiger partial charge in [-0.25, -0.2) is 4.99 Å². The van der Waals surface area contributed by atoms with Crippen LogP contribution in [0.5, 0.6) is 0 Å². The van der Waals surface area contributed by atoms with Crippen molar-refractivity contribution in [3.63, 3.8) is 0 Å².